The van der Waals surface area contributed by atoms with Crippen molar-refractivity contribution < 1.29 is 4.74 Å². The van der Waals surface area contributed by atoms with Gasteiger partial charge in [-0.3, -0.25) is 9.97 Å². The molecule has 0 amide bonds. The molecule has 6 nitrogen and oxygen atoms in total. The molecule has 1 fully saturated rings. The predicted molar refractivity (Wildman–Crippen MR) is 134 cm³/mol. The number of ether oxygens (including phenoxy) is 1. The number of halogens is 1. The molecule has 4 heterocycles. The molecular formula is C25H22ClN5OS. The molecular weight excluding hydrogens is 454 g/mol. The molecule has 0 aliphatic carbocycles. The zero-order chi connectivity index (χ0) is 22.8. The first-order chi connectivity index (χ1) is 16.2. The molecule has 2 unspecified atom stereocenters. The van der Waals surface area contributed by atoms with Gasteiger partial charge in [-0.15, -0.1) is 0 Å². The maximum atomic E-state index is 6.48. The molecule has 1 aliphatic heterocycles. The number of nitrogens with zero attached hydrogens (tertiary/aromatic N) is 4. The number of rotatable bonds is 6. The Morgan fingerprint density at radius 1 is 1.03 bits per heavy atom. The Balaban J connectivity index is 1.60. The number of pyridine rings is 2. The van der Waals surface area contributed by atoms with Crippen molar-refractivity contribution in [2.45, 2.75) is 18.6 Å². The minimum absolute atomic E-state index is 0.142. The smallest absolute Gasteiger partial charge is 0.174 e. The first kappa shape index (κ1) is 21.4. The van der Waals surface area contributed by atoms with Crippen LogP contribution in [0.1, 0.15) is 29.2 Å². The van der Waals surface area contributed by atoms with Crippen LogP contribution in [0.4, 0.5) is 5.69 Å². The predicted octanol–water partition coefficient (Wildman–Crippen LogP) is 5.17. The van der Waals surface area contributed by atoms with E-state index in [2.05, 4.69) is 37.0 Å². The van der Waals surface area contributed by atoms with Crippen molar-refractivity contribution in [1.82, 2.24) is 19.9 Å². The summed E-state index contributed by atoms with van der Waals surface area (Å²) in [6.07, 6.45) is 5.68. The molecule has 3 aromatic heterocycles. The number of thiocarbonyl (C=S) groups is 1. The first-order valence-electron chi connectivity index (χ1n) is 10.5. The van der Waals surface area contributed by atoms with Crippen LogP contribution in [-0.2, 0) is 6.54 Å². The lowest BCUT2D eigenvalue weighted by Crippen LogP contribution is -2.30. The van der Waals surface area contributed by atoms with Crippen molar-refractivity contribution in [3.63, 3.8) is 0 Å². The van der Waals surface area contributed by atoms with E-state index in [1.54, 1.807) is 13.3 Å². The van der Waals surface area contributed by atoms with Crippen molar-refractivity contribution in [2.24, 2.45) is 0 Å². The van der Waals surface area contributed by atoms with Crippen molar-refractivity contribution in [2.75, 3.05) is 12.0 Å². The highest BCUT2D eigenvalue weighted by molar-refractivity contribution is 7.80. The number of anilines is 1. The minimum atomic E-state index is -0.143. The maximum Gasteiger partial charge on any atom is 0.174 e. The average molecular weight is 476 g/mol. The SMILES string of the molecule is COc1ccc(N2C(=S)NC(c3ccccn3)C2c2cccn2Cc2ccccn2)cc1Cl. The van der Waals surface area contributed by atoms with Crippen LogP contribution in [0.15, 0.2) is 85.3 Å². The van der Waals surface area contributed by atoms with Crippen LogP contribution in [0.2, 0.25) is 5.02 Å². The normalized spacial score (nSPS) is 17.8. The fourth-order valence-corrected chi connectivity index (χ4v) is 4.84. The van der Waals surface area contributed by atoms with E-state index in [-0.39, 0.29) is 12.1 Å². The largest absolute Gasteiger partial charge is 0.495 e. The minimum Gasteiger partial charge on any atom is -0.495 e. The molecule has 1 saturated heterocycles. The lowest BCUT2D eigenvalue weighted by molar-refractivity contribution is 0.415. The summed E-state index contributed by atoms with van der Waals surface area (Å²) in [7, 11) is 1.60. The Kier molecular flexibility index (Phi) is 5.98. The van der Waals surface area contributed by atoms with Gasteiger partial charge >= 0.3 is 0 Å². The van der Waals surface area contributed by atoms with Gasteiger partial charge in [0, 0.05) is 30.0 Å². The summed E-state index contributed by atoms with van der Waals surface area (Å²) < 4.78 is 7.55. The quantitative estimate of drug-likeness (QED) is 0.388. The highest BCUT2D eigenvalue weighted by Crippen LogP contribution is 2.43. The third-order valence-corrected chi connectivity index (χ3v) is 6.35. The van der Waals surface area contributed by atoms with Crippen LogP contribution in [0, 0.1) is 0 Å². The van der Waals surface area contributed by atoms with E-state index in [0.717, 1.165) is 22.8 Å². The van der Waals surface area contributed by atoms with E-state index in [9.17, 15) is 0 Å². The van der Waals surface area contributed by atoms with Crippen LogP contribution in [0.5, 0.6) is 5.75 Å². The summed E-state index contributed by atoms with van der Waals surface area (Å²) in [5.74, 6) is 0.620. The summed E-state index contributed by atoms with van der Waals surface area (Å²) in [4.78, 5) is 11.2. The Morgan fingerprint density at radius 2 is 1.85 bits per heavy atom. The third-order valence-electron chi connectivity index (χ3n) is 5.74. The Labute approximate surface area is 202 Å². The monoisotopic (exact) mass is 475 g/mol. The first-order valence-corrected chi connectivity index (χ1v) is 11.3. The number of aromatic nitrogens is 3. The van der Waals surface area contributed by atoms with Crippen molar-refractivity contribution in [1.29, 1.82) is 0 Å². The molecule has 166 valence electrons. The summed E-state index contributed by atoms with van der Waals surface area (Å²) in [5, 5.41) is 4.63. The zero-order valence-electron chi connectivity index (χ0n) is 17.9. The van der Waals surface area contributed by atoms with E-state index in [4.69, 9.17) is 28.6 Å². The lowest BCUT2D eigenvalue weighted by atomic mass is 10.0. The van der Waals surface area contributed by atoms with E-state index >= 15 is 0 Å². The van der Waals surface area contributed by atoms with Gasteiger partial charge in [0.25, 0.3) is 0 Å². The number of hydrogen-bond donors (Lipinski definition) is 1. The van der Waals surface area contributed by atoms with E-state index in [1.165, 1.54) is 0 Å². The van der Waals surface area contributed by atoms with Gasteiger partial charge in [-0.1, -0.05) is 23.7 Å². The van der Waals surface area contributed by atoms with Crippen LogP contribution in [-0.4, -0.2) is 26.8 Å². The molecule has 2 atom stereocenters. The molecule has 8 heteroatoms. The fourth-order valence-electron chi connectivity index (χ4n) is 4.24. The average Bonchev–Trinajstić information content (AvgIpc) is 3.43. The molecule has 1 aliphatic rings. The highest BCUT2D eigenvalue weighted by atomic mass is 35.5. The van der Waals surface area contributed by atoms with Crippen molar-refractivity contribution in [3.05, 3.63) is 107 Å². The van der Waals surface area contributed by atoms with Crippen LogP contribution < -0.4 is 15.0 Å². The van der Waals surface area contributed by atoms with Gasteiger partial charge in [-0.05, 0) is 66.8 Å². The van der Waals surface area contributed by atoms with Gasteiger partial charge in [-0.25, -0.2) is 0 Å². The van der Waals surface area contributed by atoms with Gasteiger partial charge in [-0.2, -0.15) is 0 Å². The Bertz CT molecular complexity index is 1260. The van der Waals surface area contributed by atoms with Gasteiger partial charge < -0.3 is 19.5 Å². The number of methoxy groups -OCH3 is 1. The molecule has 0 radical (unpaired) electrons. The molecule has 1 N–H and O–H groups in total. The second kappa shape index (κ2) is 9.21. The Hall–Kier alpha value is -3.42. The molecule has 4 aromatic rings. The molecule has 5 rings (SSSR count). The Morgan fingerprint density at radius 3 is 2.55 bits per heavy atom. The van der Waals surface area contributed by atoms with Crippen LogP contribution >= 0.6 is 23.8 Å². The van der Waals surface area contributed by atoms with Crippen molar-refractivity contribution in [3.8, 4) is 5.75 Å². The number of hydrogen-bond acceptors (Lipinski definition) is 4. The third kappa shape index (κ3) is 4.17. The topological polar surface area (TPSA) is 55.2 Å². The number of nitrogens with one attached hydrogen (secondary N) is 1. The molecule has 0 saturated carbocycles. The summed E-state index contributed by atoms with van der Waals surface area (Å²) in [6, 6.07) is 21.5. The van der Waals surface area contributed by atoms with Gasteiger partial charge in [0.15, 0.2) is 5.11 Å². The highest BCUT2D eigenvalue weighted by Gasteiger charge is 2.42. The standard InChI is InChI=1S/C25H22ClN5OS/c1-32-22-11-10-18(15-19(22)26)31-24(23(29-25(31)33)20-8-3-5-13-28-20)21-9-6-14-30(21)16-17-7-2-4-12-27-17/h2-15,23-24H,16H2,1H3,(H,29,33). The lowest BCUT2D eigenvalue weighted by Gasteiger charge is -2.29. The van der Waals surface area contributed by atoms with E-state index in [1.807, 2.05) is 66.9 Å². The zero-order valence-corrected chi connectivity index (χ0v) is 19.5. The second-order valence-corrected chi connectivity index (χ2v) is 8.49. The molecule has 33 heavy (non-hydrogen) atoms. The summed E-state index contributed by atoms with van der Waals surface area (Å²) in [6.45, 7) is 0.651. The second-order valence-electron chi connectivity index (χ2n) is 7.70. The van der Waals surface area contributed by atoms with E-state index < -0.39 is 0 Å². The van der Waals surface area contributed by atoms with Gasteiger partial charge in [0.05, 0.1) is 36.1 Å². The fraction of sp³-hybridized carbons (Fsp3) is 0.160. The number of benzene rings is 1. The summed E-state index contributed by atoms with van der Waals surface area (Å²) in [5.41, 5.74) is 3.87. The molecule has 0 bridgehead atoms. The van der Waals surface area contributed by atoms with Gasteiger partial charge in [0.2, 0.25) is 0 Å². The van der Waals surface area contributed by atoms with Crippen molar-refractivity contribution >= 4 is 34.6 Å². The summed E-state index contributed by atoms with van der Waals surface area (Å²) >= 11 is 12.3. The van der Waals surface area contributed by atoms with Crippen LogP contribution in [0.25, 0.3) is 0 Å². The van der Waals surface area contributed by atoms with E-state index in [0.29, 0.717) is 22.4 Å². The van der Waals surface area contributed by atoms with Gasteiger partial charge in [0.1, 0.15) is 11.8 Å². The molecule has 0 spiro atoms. The van der Waals surface area contributed by atoms with Crippen LogP contribution in [0.3, 0.4) is 0 Å². The molecule has 1 aromatic carbocycles. The maximum absolute atomic E-state index is 6.48.